The van der Waals surface area contributed by atoms with E-state index in [-0.39, 0.29) is 19.1 Å². The maximum Gasteiger partial charge on any atom is 0.328 e. The number of nitrogens with zero attached hydrogens (tertiary/aromatic N) is 2. The Morgan fingerprint density at radius 1 is 1.05 bits per heavy atom. The van der Waals surface area contributed by atoms with Crippen molar-refractivity contribution in [3.8, 4) is 0 Å². The van der Waals surface area contributed by atoms with Gasteiger partial charge in [-0.1, -0.05) is 54.1 Å². The molecule has 2 aromatic rings. The Kier molecular flexibility index (Phi) is 8.56. The number of nitrogens with one attached hydrogen (secondary N) is 3. The summed E-state index contributed by atoms with van der Waals surface area (Å²) in [5.74, 6) is -2.67. The first-order valence-electron chi connectivity index (χ1n) is 13.2. The molecule has 1 fully saturated rings. The summed E-state index contributed by atoms with van der Waals surface area (Å²) in [6.07, 6.45) is 5.48. The SMILES string of the molecule is Cc1ccccc1NC(=O)Nc1ccc(CN2CC(=O)N(CC(=O)NC3(C)C=CC=C([C@@H](C)C(=O)O)C3)C2=O)cc1. The lowest BCUT2D eigenvalue weighted by molar-refractivity contribution is -0.140. The second-order valence-electron chi connectivity index (χ2n) is 10.5. The number of rotatable bonds is 9. The smallest absolute Gasteiger partial charge is 0.328 e. The van der Waals surface area contributed by atoms with Crippen molar-refractivity contribution in [3.63, 3.8) is 0 Å². The van der Waals surface area contributed by atoms with Crippen LogP contribution < -0.4 is 16.0 Å². The van der Waals surface area contributed by atoms with Gasteiger partial charge in [0.15, 0.2) is 0 Å². The molecule has 4 N–H and O–H groups in total. The molecule has 2 atom stereocenters. The quantitative estimate of drug-likeness (QED) is 0.343. The Hall–Kier alpha value is -4.93. The number of benzene rings is 2. The molecule has 4 rings (SSSR count). The number of allylic oxidation sites excluding steroid dienone is 2. The summed E-state index contributed by atoms with van der Waals surface area (Å²) >= 11 is 0. The normalized spacial score (nSPS) is 19.0. The molecule has 2 aliphatic rings. The van der Waals surface area contributed by atoms with Crippen LogP contribution in [0.2, 0.25) is 0 Å². The van der Waals surface area contributed by atoms with Crippen molar-refractivity contribution in [1.29, 1.82) is 0 Å². The summed E-state index contributed by atoms with van der Waals surface area (Å²) in [5, 5.41) is 17.7. The molecule has 0 aromatic heterocycles. The van der Waals surface area contributed by atoms with Gasteiger partial charge in [-0.3, -0.25) is 19.3 Å². The summed E-state index contributed by atoms with van der Waals surface area (Å²) in [5.41, 5.74) is 2.76. The van der Waals surface area contributed by atoms with Gasteiger partial charge in [-0.05, 0) is 56.5 Å². The number of aryl methyl sites for hydroxylation is 1. The zero-order valence-corrected chi connectivity index (χ0v) is 23.1. The highest BCUT2D eigenvalue weighted by Crippen LogP contribution is 2.28. The van der Waals surface area contributed by atoms with E-state index >= 15 is 0 Å². The first-order valence-corrected chi connectivity index (χ1v) is 13.2. The molecule has 0 bridgehead atoms. The lowest BCUT2D eigenvalue weighted by Crippen LogP contribution is -2.50. The largest absolute Gasteiger partial charge is 0.481 e. The van der Waals surface area contributed by atoms with Crippen LogP contribution in [0.3, 0.4) is 0 Å². The number of hydrogen-bond acceptors (Lipinski definition) is 5. The summed E-state index contributed by atoms with van der Waals surface area (Å²) < 4.78 is 0. The van der Waals surface area contributed by atoms with Crippen molar-refractivity contribution in [1.82, 2.24) is 15.1 Å². The highest BCUT2D eigenvalue weighted by Gasteiger charge is 2.38. The molecule has 11 heteroatoms. The van der Waals surface area contributed by atoms with E-state index < -0.39 is 41.8 Å². The van der Waals surface area contributed by atoms with Crippen molar-refractivity contribution < 1.29 is 29.1 Å². The Balaban J connectivity index is 1.29. The number of carboxylic acid groups (broad SMARTS) is 1. The molecule has 1 heterocycles. The fourth-order valence-corrected chi connectivity index (χ4v) is 4.75. The van der Waals surface area contributed by atoms with Gasteiger partial charge in [0.05, 0.1) is 11.5 Å². The molecule has 0 radical (unpaired) electrons. The molecule has 0 saturated carbocycles. The number of anilines is 2. The zero-order valence-electron chi connectivity index (χ0n) is 23.1. The molecule has 41 heavy (non-hydrogen) atoms. The first kappa shape index (κ1) is 29.1. The number of hydrogen-bond donors (Lipinski definition) is 4. The molecule has 0 spiro atoms. The van der Waals surface area contributed by atoms with E-state index in [1.54, 1.807) is 56.3 Å². The van der Waals surface area contributed by atoms with E-state index in [1.165, 1.54) is 4.90 Å². The monoisotopic (exact) mass is 559 g/mol. The molecular weight excluding hydrogens is 526 g/mol. The van der Waals surface area contributed by atoms with Crippen LogP contribution in [0.15, 0.2) is 72.3 Å². The summed E-state index contributed by atoms with van der Waals surface area (Å²) in [4.78, 5) is 64.3. The van der Waals surface area contributed by atoms with E-state index in [9.17, 15) is 29.1 Å². The number of carbonyl (C=O) groups is 5. The molecule has 1 saturated heterocycles. The van der Waals surface area contributed by atoms with Crippen molar-refractivity contribution in [2.24, 2.45) is 5.92 Å². The van der Waals surface area contributed by atoms with E-state index in [0.29, 0.717) is 23.4 Å². The van der Waals surface area contributed by atoms with E-state index in [2.05, 4.69) is 16.0 Å². The van der Waals surface area contributed by atoms with Gasteiger partial charge in [0, 0.05) is 17.9 Å². The van der Waals surface area contributed by atoms with Crippen molar-refractivity contribution in [3.05, 3.63) is 83.5 Å². The standard InChI is InChI=1S/C30H33N5O6/c1-19-7-4-5-9-24(19)32-28(40)31-23-12-10-21(11-13-23)16-34-18-26(37)35(29(34)41)17-25(36)33-30(3)14-6-8-22(15-30)20(2)27(38)39/h4-14,20H,15-18H2,1-3H3,(H,33,36)(H,38,39)(H2,31,32,40)/t20-,30?/m1/s1. The van der Waals surface area contributed by atoms with E-state index in [1.807, 2.05) is 31.2 Å². The fraction of sp³-hybridized carbons (Fsp3) is 0.300. The lowest BCUT2D eigenvalue weighted by Gasteiger charge is -2.32. The third-order valence-corrected chi connectivity index (χ3v) is 7.11. The minimum absolute atomic E-state index is 0.153. The molecular formula is C30H33N5O6. The van der Waals surface area contributed by atoms with Crippen LogP contribution in [0.1, 0.15) is 31.4 Å². The molecule has 1 unspecified atom stereocenters. The van der Waals surface area contributed by atoms with Gasteiger partial charge >= 0.3 is 18.0 Å². The number of amides is 6. The van der Waals surface area contributed by atoms with Crippen LogP contribution in [0.5, 0.6) is 0 Å². The highest BCUT2D eigenvalue weighted by molar-refractivity contribution is 6.04. The molecule has 11 nitrogen and oxygen atoms in total. The van der Waals surface area contributed by atoms with Gasteiger partial charge < -0.3 is 26.0 Å². The van der Waals surface area contributed by atoms with E-state index in [0.717, 1.165) is 16.0 Å². The van der Waals surface area contributed by atoms with Crippen molar-refractivity contribution in [2.75, 3.05) is 23.7 Å². The average Bonchev–Trinajstić information content (AvgIpc) is 3.17. The van der Waals surface area contributed by atoms with Crippen molar-refractivity contribution in [2.45, 2.75) is 39.3 Å². The number of urea groups is 2. The van der Waals surface area contributed by atoms with Gasteiger partial charge in [-0.2, -0.15) is 0 Å². The van der Waals surface area contributed by atoms with Gasteiger partial charge in [-0.15, -0.1) is 0 Å². The van der Waals surface area contributed by atoms with Crippen LogP contribution in [-0.2, 0) is 20.9 Å². The summed E-state index contributed by atoms with van der Waals surface area (Å²) in [6.45, 7) is 4.79. The van der Waals surface area contributed by atoms with Gasteiger partial charge in [0.25, 0.3) is 5.91 Å². The summed E-state index contributed by atoms with van der Waals surface area (Å²) in [7, 11) is 0. The van der Waals surface area contributed by atoms with Crippen molar-refractivity contribution >= 4 is 41.2 Å². The fourth-order valence-electron chi connectivity index (χ4n) is 4.75. The molecule has 2 aromatic carbocycles. The number of aliphatic carboxylic acids is 1. The number of imide groups is 1. The number of para-hydroxylation sites is 1. The second kappa shape index (κ2) is 12.1. The predicted molar refractivity (Wildman–Crippen MR) is 153 cm³/mol. The topological polar surface area (TPSA) is 148 Å². The average molecular weight is 560 g/mol. The summed E-state index contributed by atoms with van der Waals surface area (Å²) in [6, 6.07) is 13.4. The van der Waals surface area contributed by atoms with E-state index in [4.69, 9.17) is 0 Å². The maximum atomic E-state index is 13.0. The number of carbonyl (C=O) groups excluding carboxylic acids is 4. The maximum absolute atomic E-state index is 13.0. The van der Waals surface area contributed by atoms with Crippen LogP contribution in [0, 0.1) is 12.8 Å². The molecule has 214 valence electrons. The van der Waals surface area contributed by atoms with Gasteiger partial charge in [0.2, 0.25) is 5.91 Å². The predicted octanol–water partition coefficient (Wildman–Crippen LogP) is 3.89. The Bertz CT molecular complexity index is 1430. The Morgan fingerprint density at radius 2 is 1.76 bits per heavy atom. The van der Waals surface area contributed by atoms with Crippen LogP contribution in [0.25, 0.3) is 0 Å². The third-order valence-electron chi connectivity index (χ3n) is 7.11. The van der Waals surface area contributed by atoms with Gasteiger partial charge in [-0.25, -0.2) is 9.59 Å². The minimum atomic E-state index is -0.955. The van der Waals surface area contributed by atoms with Crippen LogP contribution in [-0.4, -0.2) is 63.4 Å². The number of carboxylic acids is 1. The zero-order chi connectivity index (χ0) is 29.7. The molecule has 1 aliphatic carbocycles. The molecule has 6 amide bonds. The minimum Gasteiger partial charge on any atom is -0.481 e. The Morgan fingerprint density at radius 3 is 2.44 bits per heavy atom. The second-order valence-corrected chi connectivity index (χ2v) is 10.5. The highest BCUT2D eigenvalue weighted by atomic mass is 16.4. The van der Waals surface area contributed by atoms with Gasteiger partial charge in [0.1, 0.15) is 13.1 Å². The Labute approximate surface area is 237 Å². The first-order chi connectivity index (χ1) is 19.4. The van der Waals surface area contributed by atoms with Crippen LogP contribution >= 0.6 is 0 Å². The lowest BCUT2D eigenvalue weighted by atomic mass is 9.83. The van der Waals surface area contributed by atoms with Crippen LogP contribution in [0.4, 0.5) is 21.0 Å². The third kappa shape index (κ3) is 7.18. The molecule has 1 aliphatic heterocycles.